The molecule has 132 valence electrons. The minimum Gasteiger partial charge on any atom is -0.497 e. The molecule has 0 aromatic heterocycles. The summed E-state index contributed by atoms with van der Waals surface area (Å²) in [7, 11) is 1.56. The molecule has 1 aromatic rings. The summed E-state index contributed by atoms with van der Waals surface area (Å²) >= 11 is 0. The number of methoxy groups -OCH3 is 1. The largest absolute Gasteiger partial charge is 0.497 e. The fraction of sp³-hybridized carbons (Fsp3) is 0.500. The number of carbonyl (C=O) groups excluding carboxylic acids is 3. The van der Waals surface area contributed by atoms with Crippen molar-refractivity contribution >= 4 is 23.5 Å². The van der Waals surface area contributed by atoms with Crippen molar-refractivity contribution in [2.75, 3.05) is 19.0 Å². The van der Waals surface area contributed by atoms with Crippen molar-refractivity contribution in [2.24, 2.45) is 23.7 Å². The maximum Gasteiger partial charge on any atom is 0.310 e. The van der Waals surface area contributed by atoms with Crippen molar-refractivity contribution in [3.63, 3.8) is 0 Å². The van der Waals surface area contributed by atoms with Gasteiger partial charge in [-0.15, -0.1) is 0 Å². The highest BCUT2D eigenvalue weighted by atomic mass is 16.6. The summed E-state index contributed by atoms with van der Waals surface area (Å²) in [5.74, 6) is -1.09. The zero-order chi connectivity index (χ0) is 17.6. The number of hydrogen-bond acceptors (Lipinski definition) is 6. The lowest BCUT2D eigenvalue weighted by molar-refractivity contribution is -0.157. The average Bonchev–Trinajstić information content (AvgIpc) is 3.22. The van der Waals surface area contributed by atoms with Gasteiger partial charge in [0.05, 0.1) is 18.9 Å². The minimum absolute atomic E-state index is 0.0232. The number of carbonyl (C=O) groups is 3. The molecule has 1 amide bonds. The van der Waals surface area contributed by atoms with Gasteiger partial charge in [-0.3, -0.25) is 14.4 Å². The molecule has 2 aliphatic carbocycles. The molecule has 2 bridgehead atoms. The van der Waals surface area contributed by atoms with Crippen LogP contribution in [0.25, 0.3) is 0 Å². The van der Waals surface area contributed by atoms with Crippen LogP contribution in [0.3, 0.4) is 0 Å². The molecular formula is C18H19NO6. The van der Waals surface area contributed by atoms with Gasteiger partial charge in [-0.1, -0.05) is 0 Å². The van der Waals surface area contributed by atoms with Crippen LogP contribution in [0.1, 0.15) is 12.8 Å². The third-order valence-corrected chi connectivity index (χ3v) is 5.47. The topological polar surface area (TPSA) is 90.9 Å². The number of nitrogens with one attached hydrogen (secondary N) is 1. The van der Waals surface area contributed by atoms with Gasteiger partial charge in [0, 0.05) is 11.6 Å². The molecule has 0 spiro atoms. The zero-order valence-corrected chi connectivity index (χ0v) is 13.8. The van der Waals surface area contributed by atoms with Gasteiger partial charge < -0.3 is 19.5 Å². The van der Waals surface area contributed by atoms with Gasteiger partial charge in [0.25, 0.3) is 5.91 Å². The van der Waals surface area contributed by atoms with E-state index in [9.17, 15) is 14.4 Å². The lowest BCUT2D eigenvalue weighted by Gasteiger charge is -2.22. The van der Waals surface area contributed by atoms with E-state index in [0.717, 1.165) is 12.8 Å². The molecule has 2 saturated carbocycles. The smallest absolute Gasteiger partial charge is 0.310 e. The first-order valence-corrected chi connectivity index (χ1v) is 8.38. The average molecular weight is 345 g/mol. The van der Waals surface area contributed by atoms with Crippen molar-refractivity contribution in [1.29, 1.82) is 0 Å². The summed E-state index contributed by atoms with van der Waals surface area (Å²) in [5.41, 5.74) is 0.587. The lowest BCUT2D eigenvalue weighted by Crippen LogP contribution is -2.34. The van der Waals surface area contributed by atoms with E-state index < -0.39 is 17.8 Å². The predicted octanol–water partition coefficient (Wildman–Crippen LogP) is 1.37. The molecule has 7 heteroatoms. The molecular weight excluding hydrogens is 326 g/mol. The number of amides is 1. The monoisotopic (exact) mass is 345 g/mol. The third kappa shape index (κ3) is 2.73. The summed E-state index contributed by atoms with van der Waals surface area (Å²) in [6, 6.07) is 6.84. The Hall–Kier alpha value is -2.57. The molecule has 1 N–H and O–H groups in total. The fourth-order valence-corrected chi connectivity index (χ4v) is 4.43. The Kier molecular flexibility index (Phi) is 3.86. The lowest BCUT2D eigenvalue weighted by atomic mass is 9.80. The van der Waals surface area contributed by atoms with Crippen molar-refractivity contribution in [3.05, 3.63) is 24.3 Å². The second kappa shape index (κ2) is 6.06. The van der Waals surface area contributed by atoms with Gasteiger partial charge in [0.1, 0.15) is 11.9 Å². The normalized spacial score (nSPS) is 31.6. The molecule has 1 aromatic carbocycles. The molecule has 1 saturated heterocycles. The van der Waals surface area contributed by atoms with E-state index in [-0.39, 0.29) is 36.4 Å². The fourth-order valence-electron chi connectivity index (χ4n) is 4.43. The summed E-state index contributed by atoms with van der Waals surface area (Å²) < 4.78 is 15.5. The summed E-state index contributed by atoms with van der Waals surface area (Å²) in [6.45, 7) is -0.371. The third-order valence-electron chi connectivity index (χ3n) is 5.47. The van der Waals surface area contributed by atoms with Crippen LogP contribution in [-0.2, 0) is 23.9 Å². The molecule has 25 heavy (non-hydrogen) atoms. The van der Waals surface area contributed by atoms with E-state index in [1.807, 2.05) is 0 Å². The van der Waals surface area contributed by atoms with Gasteiger partial charge in [-0.2, -0.15) is 0 Å². The molecule has 1 aliphatic heterocycles. The first-order chi connectivity index (χ1) is 12.1. The molecule has 1 heterocycles. The van der Waals surface area contributed by atoms with E-state index in [1.165, 1.54) is 0 Å². The molecule has 4 rings (SSSR count). The number of ether oxygens (including phenoxy) is 3. The van der Waals surface area contributed by atoms with Crippen LogP contribution in [0.5, 0.6) is 5.75 Å². The zero-order valence-electron chi connectivity index (χ0n) is 13.8. The van der Waals surface area contributed by atoms with E-state index in [2.05, 4.69) is 5.32 Å². The molecule has 0 radical (unpaired) electrons. The SMILES string of the molecule is COc1ccc(NC(=O)COC(=O)[C@@H]2[C@@H]3C[C@@H]4[C@H]2C(=O)O[C@H]4C3)cc1. The van der Waals surface area contributed by atoms with Crippen molar-refractivity contribution in [2.45, 2.75) is 18.9 Å². The second-order valence-corrected chi connectivity index (χ2v) is 6.81. The standard InChI is InChI=1S/C18H19NO6/c1-23-11-4-2-10(3-5-11)19-14(20)8-24-17(21)15-9-6-12-13(7-9)25-18(22)16(12)15/h2-5,9,12-13,15-16H,6-8H2,1H3,(H,19,20)/t9-,12+,13+,15-,16-/m1/s1. The van der Waals surface area contributed by atoms with Crippen LogP contribution in [0.2, 0.25) is 0 Å². The quantitative estimate of drug-likeness (QED) is 0.811. The highest BCUT2D eigenvalue weighted by Gasteiger charge is 2.64. The first-order valence-electron chi connectivity index (χ1n) is 8.38. The highest BCUT2D eigenvalue weighted by Crippen LogP contribution is 2.57. The Morgan fingerprint density at radius 3 is 2.72 bits per heavy atom. The maximum atomic E-state index is 12.4. The molecule has 7 nitrogen and oxygen atoms in total. The van der Waals surface area contributed by atoms with Crippen LogP contribution in [0, 0.1) is 23.7 Å². The van der Waals surface area contributed by atoms with Gasteiger partial charge >= 0.3 is 11.9 Å². The number of fused-ring (bicyclic) bond motifs is 1. The van der Waals surface area contributed by atoms with Crippen LogP contribution >= 0.6 is 0 Å². The first kappa shape index (κ1) is 15.9. The molecule has 3 aliphatic rings. The molecule has 0 unspecified atom stereocenters. The van der Waals surface area contributed by atoms with Crippen LogP contribution < -0.4 is 10.1 Å². The molecule has 3 fully saturated rings. The van der Waals surface area contributed by atoms with E-state index >= 15 is 0 Å². The maximum absolute atomic E-state index is 12.4. The van der Waals surface area contributed by atoms with E-state index in [4.69, 9.17) is 14.2 Å². The Balaban J connectivity index is 1.31. The Morgan fingerprint density at radius 2 is 2.00 bits per heavy atom. The van der Waals surface area contributed by atoms with Crippen molar-refractivity contribution in [1.82, 2.24) is 0 Å². The molecule has 5 atom stereocenters. The summed E-state index contributed by atoms with van der Waals surface area (Å²) in [6.07, 6.45) is 1.54. The Morgan fingerprint density at radius 1 is 1.24 bits per heavy atom. The van der Waals surface area contributed by atoms with Gasteiger partial charge in [-0.05, 0) is 43.0 Å². The van der Waals surface area contributed by atoms with Gasteiger partial charge in [0.15, 0.2) is 6.61 Å². The van der Waals surface area contributed by atoms with Gasteiger partial charge in [0.2, 0.25) is 0 Å². The number of esters is 2. The summed E-state index contributed by atoms with van der Waals surface area (Å²) in [5, 5.41) is 2.65. The van der Waals surface area contributed by atoms with Crippen molar-refractivity contribution in [3.8, 4) is 5.75 Å². The minimum atomic E-state index is -0.473. The van der Waals surface area contributed by atoms with Crippen LogP contribution in [0.15, 0.2) is 24.3 Å². The highest BCUT2D eigenvalue weighted by molar-refractivity contribution is 5.93. The predicted molar refractivity (Wildman–Crippen MR) is 85.7 cm³/mol. The number of rotatable bonds is 5. The van der Waals surface area contributed by atoms with Gasteiger partial charge in [-0.25, -0.2) is 0 Å². The van der Waals surface area contributed by atoms with Crippen LogP contribution in [-0.4, -0.2) is 37.7 Å². The number of benzene rings is 1. The van der Waals surface area contributed by atoms with E-state index in [1.54, 1.807) is 31.4 Å². The Bertz CT molecular complexity index is 713. The summed E-state index contributed by atoms with van der Waals surface area (Å²) in [4.78, 5) is 36.3. The van der Waals surface area contributed by atoms with E-state index in [0.29, 0.717) is 11.4 Å². The number of anilines is 1. The second-order valence-electron chi connectivity index (χ2n) is 6.81. The van der Waals surface area contributed by atoms with Crippen LogP contribution in [0.4, 0.5) is 5.69 Å². The Labute approximate surface area is 144 Å². The number of hydrogen-bond donors (Lipinski definition) is 1. The van der Waals surface area contributed by atoms with Crippen molar-refractivity contribution < 1.29 is 28.6 Å².